The first-order chi connectivity index (χ1) is 13.6. The lowest BCUT2D eigenvalue weighted by Gasteiger charge is -2.37. The van der Waals surface area contributed by atoms with Crippen molar-refractivity contribution in [2.24, 2.45) is 0 Å². The predicted molar refractivity (Wildman–Crippen MR) is 103 cm³/mol. The Labute approximate surface area is 163 Å². The van der Waals surface area contributed by atoms with Crippen molar-refractivity contribution in [1.82, 2.24) is 14.4 Å². The van der Waals surface area contributed by atoms with E-state index in [0.29, 0.717) is 24.1 Å². The molecule has 0 amide bonds. The highest BCUT2D eigenvalue weighted by Gasteiger charge is 2.47. The SMILES string of the molecule is O=S(=O)(Cc1noc2ccccc12)N1C2CCC1CC(Oc1ccncc1)C2. The number of hydrogen-bond donors (Lipinski definition) is 0. The number of hydrogen-bond acceptors (Lipinski definition) is 6. The third kappa shape index (κ3) is 3.16. The molecule has 0 aliphatic carbocycles. The van der Waals surface area contributed by atoms with Crippen LogP contribution in [0, 0.1) is 0 Å². The lowest BCUT2D eigenvalue weighted by atomic mass is 10.0. The number of aromatic nitrogens is 2. The molecule has 2 bridgehead atoms. The first kappa shape index (κ1) is 17.6. The molecule has 2 saturated heterocycles. The maximum absolute atomic E-state index is 13.2. The summed E-state index contributed by atoms with van der Waals surface area (Å²) in [5, 5.41) is 4.76. The van der Waals surface area contributed by atoms with Gasteiger partial charge in [0.25, 0.3) is 0 Å². The Bertz CT molecular complexity index is 1070. The predicted octanol–water partition coefficient (Wildman–Crippen LogP) is 3.13. The van der Waals surface area contributed by atoms with Crippen molar-refractivity contribution < 1.29 is 17.7 Å². The molecule has 28 heavy (non-hydrogen) atoms. The molecular weight excluding hydrogens is 378 g/mol. The summed E-state index contributed by atoms with van der Waals surface area (Å²) in [5.41, 5.74) is 1.09. The van der Waals surface area contributed by atoms with Gasteiger partial charge in [0, 0.05) is 42.7 Å². The Kier molecular flexibility index (Phi) is 4.32. The second kappa shape index (κ2) is 6.86. The normalized spacial score (nSPS) is 25.2. The fourth-order valence-corrected chi connectivity index (χ4v) is 6.53. The summed E-state index contributed by atoms with van der Waals surface area (Å²) in [4.78, 5) is 4.00. The van der Waals surface area contributed by atoms with Crippen LogP contribution in [0.4, 0.5) is 0 Å². The van der Waals surface area contributed by atoms with Gasteiger partial charge < -0.3 is 9.26 Å². The zero-order valence-electron chi connectivity index (χ0n) is 15.3. The molecule has 2 aromatic heterocycles. The maximum Gasteiger partial charge on any atom is 0.220 e. The number of nitrogens with zero attached hydrogens (tertiary/aromatic N) is 3. The molecule has 2 aliphatic rings. The highest BCUT2D eigenvalue weighted by atomic mass is 32.2. The van der Waals surface area contributed by atoms with Crippen LogP contribution in [0.15, 0.2) is 53.3 Å². The minimum absolute atomic E-state index is 0.0197. The van der Waals surface area contributed by atoms with Crippen LogP contribution in [0.2, 0.25) is 0 Å². The van der Waals surface area contributed by atoms with Crippen molar-refractivity contribution in [3.63, 3.8) is 0 Å². The smallest absolute Gasteiger partial charge is 0.220 e. The van der Waals surface area contributed by atoms with Crippen molar-refractivity contribution in [3.8, 4) is 5.75 Å². The van der Waals surface area contributed by atoms with Crippen molar-refractivity contribution in [1.29, 1.82) is 0 Å². The fraction of sp³-hybridized carbons (Fsp3) is 0.400. The average molecular weight is 399 g/mol. The molecule has 0 N–H and O–H groups in total. The van der Waals surface area contributed by atoms with Crippen LogP contribution < -0.4 is 4.74 Å². The molecule has 0 saturated carbocycles. The van der Waals surface area contributed by atoms with Crippen LogP contribution in [0.3, 0.4) is 0 Å². The van der Waals surface area contributed by atoms with E-state index in [-0.39, 0.29) is 23.9 Å². The lowest BCUT2D eigenvalue weighted by molar-refractivity contribution is 0.0955. The average Bonchev–Trinajstić information content (AvgIpc) is 3.22. The molecule has 7 nitrogen and oxygen atoms in total. The van der Waals surface area contributed by atoms with Gasteiger partial charge in [-0.2, -0.15) is 4.31 Å². The molecule has 8 heteroatoms. The van der Waals surface area contributed by atoms with E-state index in [9.17, 15) is 8.42 Å². The minimum atomic E-state index is -3.48. The Balaban J connectivity index is 1.34. The Morgan fingerprint density at radius 2 is 1.79 bits per heavy atom. The van der Waals surface area contributed by atoms with Crippen molar-refractivity contribution >= 4 is 21.0 Å². The van der Waals surface area contributed by atoms with E-state index in [1.165, 1.54) is 0 Å². The van der Waals surface area contributed by atoms with E-state index < -0.39 is 10.0 Å². The summed E-state index contributed by atoms with van der Waals surface area (Å²) in [5.74, 6) is 0.650. The fourth-order valence-electron chi connectivity index (χ4n) is 4.53. The summed E-state index contributed by atoms with van der Waals surface area (Å²) in [6.45, 7) is 0. The lowest BCUT2D eigenvalue weighted by Crippen LogP contribution is -2.49. The van der Waals surface area contributed by atoms with Gasteiger partial charge in [-0.15, -0.1) is 0 Å². The topological polar surface area (TPSA) is 85.5 Å². The number of ether oxygens (including phenoxy) is 1. The second-order valence-corrected chi connectivity index (χ2v) is 9.36. The van der Waals surface area contributed by atoms with Gasteiger partial charge in [0.15, 0.2) is 5.58 Å². The highest BCUT2D eigenvalue weighted by Crippen LogP contribution is 2.40. The Morgan fingerprint density at radius 1 is 1.07 bits per heavy atom. The van der Waals surface area contributed by atoms with Gasteiger partial charge in [-0.25, -0.2) is 8.42 Å². The first-order valence-corrected chi connectivity index (χ1v) is 11.1. The third-order valence-electron chi connectivity index (χ3n) is 5.67. The molecule has 4 heterocycles. The summed E-state index contributed by atoms with van der Waals surface area (Å²) < 4.78 is 39.5. The zero-order chi connectivity index (χ0) is 19.1. The molecule has 0 radical (unpaired) electrons. The molecule has 146 valence electrons. The molecule has 2 atom stereocenters. The number of pyridine rings is 1. The van der Waals surface area contributed by atoms with Crippen molar-refractivity contribution in [3.05, 3.63) is 54.5 Å². The van der Waals surface area contributed by atoms with Gasteiger partial charge in [0.1, 0.15) is 23.3 Å². The number of benzene rings is 1. The number of sulfonamides is 1. The Morgan fingerprint density at radius 3 is 2.54 bits per heavy atom. The number of fused-ring (bicyclic) bond motifs is 3. The van der Waals surface area contributed by atoms with Crippen LogP contribution in [0.5, 0.6) is 5.75 Å². The minimum Gasteiger partial charge on any atom is -0.490 e. The van der Waals surface area contributed by atoms with Crippen molar-refractivity contribution in [2.75, 3.05) is 0 Å². The quantitative estimate of drug-likeness (QED) is 0.655. The molecule has 2 aliphatic heterocycles. The van der Waals surface area contributed by atoms with Gasteiger partial charge in [-0.05, 0) is 37.1 Å². The van der Waals surface area contributed by atoms with E-state index >= 15 is 0 Å². The molecule has 2 fully saturated rings. The number of rotatable bonds is 5. The second-order valence-electron chi connectivity index (χ2n) is 7.49. The molecule has 3 aromatic rings. The van der Waals surface area contributed by atoms with Crippen LogP contribution in [-0.4, -0.2) is 41.1 Å². The molecular formula is C20H21N3O4S. The summed E-state index contributed by atoms with van der Waals surface area (Å²) in [6.07, 6.45) is 6.59. The number of para-hydroxylation sites is 1. The largest absolute Gasteiger partial charge is 0.490 e. The Hall–Kier alpha value is -2.45. The number of piperidine rings is 1. The van der Waals surface area contributed by atoms with Gasteiger partial charge in [-0.3, -0.25) is 4.98 Å². The molecule has 1 aromatic carbocycles. The standard InChI is InChI=1S/C20H21N3O4S/c24-28(25,13-19-18-3-1-2-4-20(18)27-22-19)23-14-5-6-15(23)12-17(11-14)26-16-7-9-21-10-8-16/h1-4,7-10,14-15,17H,5-6,11-13H2. The monoisotopic (exact) mass is 399 g/mol. The molecule has 0 spiro atoms. The van der Waals surface area contributed by atoms with Gasteiger partial charge in [0.2, 0.25) is 10.0 Å². The van der Waals surface area contributed by atoms with Crippen LogP contribution in [-0.2, 0) is 15.8 Å². The van der Waals surface area contributed by atoms with E-state index in [1.54, 1.807) is 22.8 Å². The van der Waals surface area contributed by atoms with Gasteiger partial charge in [-0.1, -0.05) is 17.3 Å². The first-order valence-electron chi connectivity index (χ1n) is 9.51. The van der Waals surface area contributed by atoms with Crippen LogP contribution >= 0.6 is 0 Å². The van der Waals surface area contributed by atoms with E-state index in [1.807, 2.05) is 30.3 Å². The molecule has 2 unspecified atom stereocenters. The van der Waals surface area contributed by atoms with Crippen molar-refractivity contribution in [2.45, 2.75) is 49.6 Å². The van der Waals surface area contributed by atoms with E-state index in [2.05, 4.69) is 10.1 Å². The maximum atomic E-state index is 13.2. The zero-order valence-corrected chi connectivity index (χ0v) is 16.1. The highest BCUT2D eigenvalue weighted by molar-refractivity contribution is 7.88. The summed E-state index contributed by atoms with van der Waals surface area (Å²) >= 11 is 0. The summed E-state index contributed by atoms with van der Waals surface area (Å²) in [7, 11) is -3.48. The van der Waals surface area contributed by atoms with E-state index in [4.69, 9.17) is 9.26 Å². The summed E-state index contributed by atoms with van der Waals surface area (Å²) in [6, 6.07) is 11.0. The van der Waals surface area contributed by atoms with Gasteiger partial charge >= 0.3 is 0 Å². The van der Waals surface area contributed by atoms with Crippen LogP contribution in [0.1, 0.15) is 31.4 Å². The van der Waals surface area contributed by atoms with Crippen LogP contribution in [0.25, 0.3) is 11.0 Å². The van der Waals surface area contributed by atoms with E-state index in [0.717, 1.165) is 24.0 Å². The molecule has 5 rings (SSSR count). The van der Waals surface area contributed by atoms with Gasteiger partial charge in [0.05, 0.1) is 0 Å². The third-order valence-corrected chi connectivity index (χ3v) is 7.54.